The molecule has 0 atom stereocenters. The Morgan fingerprint density at radius 1 is 1.03 bits per heavy atom. The topological polar surface area (TPSA) is 93.0 Å². The van der Waals surface area contributed by atoms with E-state index in [1.165, 1.54) is 37.6 Å². The average molecular weight is 535 g/mol. The van der Waals surface area contributed by atoms with Crippen LogP contribution in [-0.2, 0) is 14.8 Å². The van der Waals surface area contributed by atoms with E-state index in [9.17, 15) is 17.6 Å². The molecule has 0 aliphatic rings. The third-order valence-corrected chi connectivity index (χ3v) is 7.71. The van der Waals surface area contributed by atoms with E-state index in [-0.39, 0.29) is 10.7 Å². The van der Waals surface area contributed by atoms with Gasteiger partial charge in [0, 0.05) is 22.6 Å². The van der Waals surface area contributed by atoms with E-state index in [1.54, 1.807) is 54.6 Å². The number of hydrogen-bond acceptors (Lipinski definition) is 5. The number of anilines is 1. The molecule has 1 heterocycles. The van der Waals surface area contributed by atoms with E-state index in [0.717, 1.165) is 26.9 Å². The summed E-state index contributed by atoms with van der Waals surface area (Å²) >= 11 is 0. The standard InChI is InChI=1S/C28H27FN4O4S/c1-20-17-22(21(2)33(20)25-11-9-23(29)10-12-25)18-30-31-28(34)19-32(24-7-5-4-6-8-24)38(35,36)27-15-13-26(37-3)14-16-27/h4-18H,19H2,1-3H3,(H,31,34)/b30-18-. The fourth-order valence-electron chi connectivity index (χ4n) is 4.03. The molecule has 8 nitrogen and oxygen atoms in total. The minimum absolute atomic E-state index is 0.0201. The van der Waals surface area contributed by atoms with Crippen LogP contribution in [0.15, 0.2) is 94.9 Å². The van der Waals surface area contributed by atoms with Crippen molar-refractivity contribution in [1.82, 2.24) is 9.99 Å². The summed E-state index contributed by atoms with van der Waals surface area (Å²) < 4.78 is 48.3. The second kappa shape index (κ2) is 11.3. The lowest BCUT2D eigenvalue weighted by Gasteiger charge is -2.23. The number of amides is 1. The van der Waals surface area contributed by atoms with E-state index in [1.807, 2.05) is 24.5 Å². The molecule has 0 unspecified atom stereocenters. The average Bonchev–Trinajstić information content (AvgIpc) is 3.20. The van der Waals surface area contributed by atoms with Crippen LogP contribution in [0, 0.1) is 19.7 Å². The number of sulfonamides is 1. The van der Waals surface area contributed by atoms with Gasteiger partial charge in [-0.25, -0.2) is 18.2 Å². The number of carbonyl (C=O) groups is 1. The largest absolute Gasteiger partial charge is 0.497 e. The predicted octanol–water partition coefficient (Wildman–Crippen LogP) is 4.59. The molecule has 4 aromatic rings. The molecule has 0 radical (unpaired) electrons. The van der Waals surface area contributed by atoms with Gasteiger partial charge in [0.25, 0.3) is 15.9 Å². The fraction of sp³-hybridized carbons (Fsp3) is 0.143. The molecule has 0 fully saturated rings. The summed E-state index contributed by atoms with van der Waals surface area (Å²) in [5.74, 6) is -0.421. The van der Waals surface area contributed by atoms with Gasteiger partial charge in [0.15, 0.2) is 0 Å². The van der Waals surface area contributed by atoms with Gasteiger partial charge in [0.1, 0.15) is 18.1 Å². The Morgan fingerprint density at radius 3 is 2.32 bits per heavy atom. The number of nitrogens with one attached hydrogen (secondary N) is 1. The number of hydrogen-bond donors (Lipinski definition) is 1. The SMILES string of the molecule is COc1ccc(S(=O)(=O)N(CC(=O)N/N=C\c2cc(C)n(-c3ccc(F)cc3)c2C)c2ccccc2)cc1. The van der Waals surface area contributed by atoms with Gasteiger partial charge < -0.3 is 9.30 Å². The van der Waals surface area contributed by atoms with Gasteiger partial charge >= 0.3 is 0 Å². The smallest absolute Gasteiger partial charge is 0.264 e. The van der Waals surface area contributed by atoms with Crippen molar-refractivity contribution < 1.29 is 22.3 Å². The van der Waals surface area contributed by atoms with Crippen LogP contribution >= 0.6 is 0 Å². The zero-order valence-electron chi connectivity index (χ0n) is 21.1. The Balaban J connectivity index is 1.53. The third-order valence-electron chi connectivity index (χ3n) is 5.93. The van der Waals surface area contributed by atoms with Gasteiger partial charge in [-0.3, -0.25) is 9.10 Å². The monoisotopic (exact) mass is 534 g/mol. The molecule has 3 aromatic carbocycles. The number of methoxy groups -OCH3 is 1. The van der Waals surface area contributed by atoms with Crippen LogP contribution < -0.4 is 14.5 Å². The predicted molar refractivity (Wildman–Crippen MR) is 145 cm³/mol. The van der Waals surface area contributed by atoms with E-state index in [0.29, 0.717) is 11.4 Å². The number of para-hydroxylation sites is 1. The van der Waals surface area contributed by atoms with Crippen molar-refractivity contribution in [1.29, 1.82) is 0 Å². The maximum absolute atomic E-state index is 13.4. The van der Waals surface area contributed by atoms with Gasteiger partial charge in [-0.2, -0.15) is 5.10 Å². The zero-order chi connectivity index (χ0) is 27.3. The summed E-state index contributed by atoms with van der Waals surface area (Å²) in [4.78, 5) is 12.8. The van der Waals surface area contributed by atoms with Crippen LogP contribution in [0.1, 0.15) is 17.0 Å². The van der Waals surface area contributed by atoms with Crippen LogP contribution in [0.4, 0.5) is 10.1 Å². The van der Waals surface area contributed by atoms with Crippen LogP contribution in [0.3, 0.4) is 0 Å². The van der Waals surface area contributed by atoms with Crippen LogP contribution in [0.5, 0.6) is 5.75 Å². The Kier molecular flexibility index (Phi) is 7.92. The van der Waals surface area contributed by atoms with Crippen LogP contribution in [-0.4, -0.2) is 38.8 Å². The van der Waals surface area contributed by atoms with Crippen molar-refractivity contribution in [3.05, 3.63) is 108 Å². The molecule has 10 heteroatoms. The first-order chi connectivity index (χ1) is 18.2. The van der Waals surface area contributed by atoms with Gasteiger partial charge in [-0.15, -0.1) is 0 Å². The van der Waals surface area contributed by atoms with Crippen molar-refractivity contribution in [3.63, 3.8) is 0 Å². The molecule has 1 amide bonds. The molecule has 0 saturated heterocycles. The first kappa shape index (κ1) is 26.6. The lowest BCUT2D eigenvalue weighted by Crippen LogP contribution is -2.39. The van der Waals surface area contributed by atoms with E-state index in [4.69, 9.17) is 4.74 Å². The Morgan fingerprint density at radius 2 is 1.68 bits per heavy atom. The van der Waals surface area contributed by atoms with Gasteiger partial charge in [-0.05, 0) is 80.6 Å². The second-order valence-electron chi connectivity index (χ2n) is 8.45. The molecule has 0 spiro atoms. The maximum Gasteiger partial charge on any atom is 0.264 e. The molecule has 1 N–H and O–H groups in total. The van der Waals surface area contributed by atoms with Crippen LogP contribution in [0.25, 0.3) is 5.69 Å². The summed E-state index contributed by atoms with van der Waals surface area (Å²) in [6.07, 6.45) is 1.49. The zero-order valence-corrected chi connectivity index (χ0v) is 21.9. The number of aryl methyl sites for hydroxylation is 1. The lowest BCUT2D eigenvalue weighted by atomic mass is 10.2. The van der Waals surface area contributed by atoms with Gasteiger partial charge in [0.05, 0.1) is 23.9 Å². The highest BCUT2D eigenvalue weighted by molar-refractivity contribution is 7.92. The molecule has 0 aliphatic carbocycles. The molecule has 0 bridgehead atoms. The summed E-state index contributed by atoms with van der Waals surface area (Å²) in [5.41, 5.74) is 6.06. The summed E-state index contributed by atoms with van der Waals surface area (Å²) in [5, 5.41) is 4.05. The lowest BCUT2D eigenvalue weighted by molar-refractivity contribution is -0.119. The van der Waals surface area contributed by atoms with E-state index >= 15 is 0 Å². The minimum atomic E-state index is -4.06. The highest BCUT2D eigenvalue weighted by atomic mass is 32.2. The fourth-order valence-corrected chi connectivity index (χ4v) is 5.45. The first-order valence-electron chi connectivity index (χ1n) is 11.7. The molecule has 38 heavy (non-hydrogen) atoms. The molecular formula is C28H27FN4O4S. The number of aromatic nitrogens is 1. The minimum Gasteiger partial charge on any atom is -0.497 e. The molecule has 0 saturated carbocycles. The molecule has 0 aliphatic heterocycles. The second-order valence-corrected chi connectivity index (χ2v) is 10.3. The normalized spacial score (nSPS) is 11.5. The molecular weight excluding hydrogens is 507 g/mol. The number of halogens is 1. The number of hydrazone groups is 1. The molecule has 196 valence electrons. The van der Waals surface area contributed by atoms with Crippen molar-refractivity contribution in [2.45, 2.75) is 18.7 Å². The highest BCUT2D eigenvalue weighted by Crippen LogP contribution is 2.25. The summed E-state index contributed by atoms with van der Waals surface area (Å²) in [6.45, 7) is 3.32. The summed E-state index contributed by atoms with van der Waals surface area (Å²) in [6, 6.07) is 22.3. The van der Waals surface area contributed by atoms with E-state index < -0.39 is 22.5 Å². The maximum atomic E-state index is 13.4. The Hall–Kier alpha value is -4.44. The number of ether oxygens (including phenoxy) is 1. The number of carbonyl (C=O) groups excluding carboxylic acids is 1. The number of nitrogens with zero attached hydrogens (tertiary/aromatic N) is 3. The quantitative estimate of drug-likeness (QED) is 0.251. The van der Waals surface area contributed by atoms with Crippen molar-refractivity contribution in [2.75, 3.05) is 18.0 Å². The number of rotatable bonds is 9. The van der Waals surface area contributed by atoms with Crippen molar-refractivity contribution in [2.24, 2.45) is 5.10 Å². The highest BCUT2D eigenvalue weighted by Gasteiger charge is 2.27. The first-order valence-corrected chi connectivity index (χ1v) is 13.1. The number of benzene rings is 3. The van der Waals surface area contributed by atoms with Crippen LogP contribution in [0.2, 0.25) is 0 Å². The van der Waals surface area contributed by atoms with E-state index in [2.05, 4.69) is 10.5 Å². The van der Waals surface area contributed by atoms with Crippen molar-refractivity contribution in [3.8, 4) is 11.4 Å². The molecule has 1 aromatic heterocycles. The molecule has 4 rings (SSSR count). The van der Waals surface area contributed by atoms with Crippen molar-refractivity contribution >= 4 is 27.8 Å². The Bertz CT molecular complexity index is 1550. The summed E-state index contributed by atoms with van der Waals surface area (Å²) in [7, 11) is -2.57. The van der Waals surface area contributed by atoms with Gasteiger partial charge in [0.2, 0.25) is 0 Å². The third kappa shape index (κ3) is 5.76. The van der Waals surface area contributed by atoms with Gasteiger partial charge in [-0.1, -0.05) is 18.2 Å². The Labute approximate surface area is 221 Å².